The van der Waals surface area contributed by atoms with Crippen molar-refractivity contribution in [2.24, 2.45) is 0 Å². The summed E-state index contributed by atoms with van der Waals surface area (Å²) < 4.78 is 5.16. The lowest BCUT2D eigenvalue weighted by atomic mass is 10.1. The highest BCUT2D eigenvalue weighted by atomic mass is 16.5. The summed E-state index contributed by atoms with van der Waals surface area (Å²) in [6, 6.07) is 16.2. The quantitative estimate of drug-likeness (QED) is 0.627. The fraction of sp³-hybridized carbons (Fsp3) is 0.0588. The zero-order chi connectivity index (χ0) is 14.4. The molecule has 0 bridgehead atoms. The van der Waals surface area contributed by atoms with Crippen molar-refractivity contribution in [3.05, 3.63) is 71.3 Å². The number of nitriles is 1. The molecule has 2 rings (SSSR count). The van der Waals surface area contributed by atoms with E-state index in [-0.39, 0.29) is 5.78 Å². The second-order valence-corrected chi connectivity index (χ2v) is 4.13. The molecule has 0 N–H and O–H groups in total. The molecular weight excluding hydrogens is 250 g/mol. The minimum atomic E-state index is -0.119. The predicted octanol–water partition coefficient (Wildman–Crippen LogP) is 3.46. The van der Waals surface area contributed by atoms with Gasteiger partial charge in [0.05, 0.1) is 24.3 Å². The van der Waals surface area contributed by atoms with Crippen molar-refractivity contribution >= 4 is 11.9 Å². The SMILES string of the molecule is COc1ccccc1C(=O)C=Cc1ccc(C#N)cc1. The van der Waals surface area contributed by atoms with E-state index in [1.807, 2.05) is 6.07 Å². The highest BCUT2D eigenvalue weighted by molar-refractivity contribution is 6.08. The van der Waals surface area contributed by atoms with Gasteiger partial charge in [0.2, 0.25) is 0 Å². The standard InChI is InChI=1S/C17H13NO2/c1-20-17-5-3-2-4-15(17)16(19)11-10-13-6-8-14(12-18)9-7-13/h2-11H,1H3. The van der Waals surface area contributed by atoms with Gasteiger partial charge in [0.1, 0.15) is 5.75 Å². The number of methoxy groups -OCH3 is 1. The van der Waals surface area contributed by atoms with Crippen molar-refractivity contribution in [3.8, 4) is 11.8 Å². The second-order valence-electron chi connectivity index (χ2n) is 4.13. The van der Waals surface area contributed by atoms with Gasteiger partial charge in [0, 0.05) is 0 Å². The van der Waals surface area contributed by atoms with Crippen LogP contribution in [0, 0.1) is 11.3 Å². The number of rotatable bonds is 4. The summed E-state index contributed by atoms with van der Waals surface area (Å²) in [4.78, 5) is 12.1. The number of benzene rings is 2. The van der Waals surface area contributed by atoms with E-state index in [0.717, 1.165) is 5.56 Å². The van der Waals surface area contributed by atoms with Crippen LogP contribution < -0.4 is 4.74 Å². The van der Waals surface area contributed by atoms with E-state index in [1.54, 1.807) is 48.5 Å². The smallest absolute Gasteiger partial charge is 0.189 e. The summed E-state index contributed by atoms with van der Waals surface area (Å²) in [6.07, 6.45) is 3.22. The molecule has 0 aliphatic rings. The molecule has 0 saturated carbocycles. The number of hydrogen-bond acceptors (Lipinski definition) is 3. The summed E-state index contributed by atoms with van der Waals surface area (Å²) in [5, 5.41) is 8.72. The Morgan fingerprint density at radius 2 is 1.85 bits per heavy atom. The van der Waals surface area contributed by atoms with E-state index in [2.05, 4.69) is 6.07 Å². The van der Waals surface area contributed by atoms with Crippen molar-refractivity contribution in [1.82, 2.24) is 0 Å². The van der Waals surface area contributed by atoms with Crippen molar-refractivity contribution in [2.75, 3.05) is 7.11 Å². The molecule has 98 valence electrons. The molecule has 3 heteroatoms. The predicted molar refractivity (Wildman–Crippen MR) is 77.5 cm³/mol. The van der Waals surface area contributed by atoms with Gasteiger partial charge in [-0.25, -0.2) is 0 Å². The van der Waals surface area contributed by atoms with Crippen molar-refractivity contribution in [3.63, 3.8) is 0 Å². The number of hydrogen-bond donors (Lipinski definition) is 0. The fourth-order valence-electron chi connectivity index (χ4n) is 1.78. The van der Waals surface area contributed by atoms with Crippen LogP contribution in [0.15, 0.2) is 54.6 Å². The number of carbonyl (C=O) groups excluding carboxylic acids is 1. The Morgan fingerprint density at radius 1 is 1.15 bits per heavy atom. The van der Waals surface area contributed by atoms with Crippen molar-refractivity contribution < 1.29 is 9.53 Å². The normalized spacial score (nSPS) is 10.2. The van der Waals surface area contributed by atoms with E-state index >= 15 is 0 Å². The van der Waals surface area contributed by atoms with Crippen LogP contribution in [0.4, 0.5) is 0 Å². The zero-order valence-corrected chi connectivity index (χ0v) is 11.0. The largest absolute Gasteiger partial charge is 0.496 e. The van der Waals surface area contributed by atoms with Crippen LogP contribution in [0.3, 0.4) is 0 Å². The van der Waals surface area contributed by atoms with Gasteiger partial charge in [0.15, 0.2) is 5.78 Å². The third-order valence-electron chi connectivity index (χ3n) is 2.84. The number of allylic oxidation sites excluding steroid dienone is 1. The number of ether oxygens (including phenoxy) is 1. The monoisotopic (exact) mass is 263 g/mol. The van der Waals surface area contributed by atoms with Crippen LogP contribution in [0.25, 0.3) is 6.08 Å². The van der Waals surface area contributed by atoms with E-state index in [4.69, 9.17) is 10.00 Å². The van der Waals surface area contributed by atoms with Crippen molar-refractivity contribution in [1.29, 1.82) is 5.26 Å². The van der Waals surface area contributed by atoms with Gasteiger partial charge >= 0.3 is 0 Å². The Kier molecular flexibility index (Phi) is 4.31. The van der Waals surface area contributed by atoms with Gasteiger partial charge in [-0.15, -0.1) is 0 Å². The first-order valence-electron chi connectivity index (χ1n) is 6.10. The highest BCUT2D eigenvalue weighted by Gasteiger charge is 2.07. The van der Waals surface area contributed by atoms with E-state index in [1.165, 1.54) is 13.2 Å². The maximum atomic E-state index is 12.1. The fourth-order valence-corrected chi connectivity index (χ4v) is 1.78. The first kappa shape index (κ1) is 13.6. The number of ketones is 1. The van der Waals surface area contributed by atoms with E-state index < -0.39 is 0 Å². The van der Waals surface area contributed by atoms with Gasteiger partial charge < -0.3 is 4.74 Å². The topological polar surface area (TPSA) is 50.1 Å². The molecule has 0 aliphatic carbocycles. The lowest BCUT2D eigenvalue weighted by Gasteiger charge is -2.04. The summed E-state index contributed by atoms with van der Waals surface area (Å²) in [5.74, 6) is 0.439. The minimum Gasteiger partial charge on any atom is -0.496 e. The van der Waals surface area contributed by atoms with Crippen LogP contribution in [0.1, 0.15) is 21.5 Å². The Labute approximate surface area is 117 Å². The first-order valence-corrected chi connectivity index (χ1v) is 6.10. The number of carbonyl (C=O) groups is 1. The van der Waals surface area contributed by atoms with Crippen molar-refractivity contribution in [2.45, 2.75) is 0 Å². The highest BCUT2D eigenvalue weighted by Crippen LogP contribution is 2.18. The third-order valence-corrected chi connectivity index (χ3v) is 2.84. The second kappa shape index (κ2) is 6.35. The molecule has 2 aromatic carbocycles. The molecule has 0 unspecified atom stereocenters. The van der Waals surface area contributed by atoms with Gasteiger partial charge in [-0.2, -0.15) is 5.26 Å². The molecule has 0 aromatic heterocycles. The van der Waals surface area contributed by atoms with Gasteiger partial charge in [0.25, 0.3) is 0 Å². The lowest BCUT2D eigenvalue weighted by molar-refractivity contribution is 0.104. The summed E-state index contributed by atoms with van der Waals surface area (Å²) in [6.45, 7) is 0. The summed E-state index contributed by atoms with van der Waals surface area (Å²) in [5.41, 5.74) is 1.99. The molecular formula is C17H13NO2. The maximum absolute atomic E-state index is 12.1. The van der Waals surface area contributed by atoms with Gasteiger partial charge in [-0.3, -0.25) is 4.79 Å². The number of para-hydroxylation sites is 1. The molecule has 0 saturated heterocycles. The minimum absolute atomic E-state index is 0.119. The molecule has 0 heterocycles. The molecule has 0 amide bonds. The molecule has 20 heavy (non-hydrogen) atoms. The van der Waals surface area contributed by atoms with Crippen LogP contribution >= 0.6 is 0 Å². The lowest BCUT2D eigenvalue weighted by Crippen LogP contribution is -1.98. The molecule has 0 spiro atoms. The van der Waals surface area contributed by atoms with Crippen LogP contribution in [0.2, 0.25) is 0 Å². The van der Waals surface area contributed by atoms with Crippen LogP contribution in [-0.2, 0) is 0 Å². The molecule has 0 radical (unpaired) electrons. The van der Waals surface area contributed by atoms with Gasteiger partial charge in [-0.1, -0.05) is 30.3 Å². The summed E-state index contributed by atoms with van der Waals surface area (Å²) in [7, 11) is 1.54. The molecule has 2 aromatic rings. The Balaban J connectivity index is 2.18. The Hall–Kier alpha value is -2.86. The van der Waals surface area contributed by atoms with Gasteiger partial charge in [-0.05, 0) is 35.9 Å². The molecule has 0 atom stereocenters. The molecule has 0 fully saturated rings. The maximum Gasteiger partial charge on any atom is 0.189 e. The van der Waals surface area contributed by atoms with E-state index in [0.29, 0.717) is 16.9 Å². The zero-order valence-electron chi connectivity index (χ0n) is 11.0. The van der Waals surface area contributed by atoms with Crippen LogP contribution in [-0.4, -0.2) is 12.9 Å². The third kappa shape index (κ3) is 3.12. The van der Waals surface area contributed by atoms with Crippen LogP contribution in [0.5, 0.6) is 5.75 Å². The summed E-state index contributed by atoms with van der Waals surface area (Å²) >= 11 is 0. The average molecular weight is 263 g/mol. The molecule has 3 nitrogen and oxygen atoms in total. The number of nitrogens with zero attached hydrogens (tertiary/aromatic N) is 1. The Morgan fingerprint density at radius 3 is 2.50 bits per heavy atom. The Bertz CT molecular complexity index is 679. The first-order chi connectivity index (χ1) is 9.74. The van der Waals surface area contributed by atoms with E-state index in [9.17, 15) is 4.79 Å². The average Bonchev–Trinajstić information content (AvgIpc) is 2.53. The molecule has 0 aliphatic heterocycles.